The highest BCUT2D eigenvalue weighted by molar-refractivity contribution is 9.10. The molecule has 1 unspecified atom stereocenters. The van der Waals surface area contributed by atoms with E-state index in [2.05, 4.69) is 21.2 Å². The van der Waals surface area contributed by atoms with Crippen molar-refractivity contribution in [2.24, 2.45) is 0 Å². The van der Waals surface area contributed by atoms with Crippen molar-refractivity contribution in [2.45, 2.75) is 12.5 Å². The molecule has 0 bridgehead atoms. The van der Waals surface area contributed by atoms with Gasteiger partial charge in [-0.05, 0) is 36.8 Å². The molecule has 0 saturated heterocycles. The third-order valence-corrected chi connectivity index (χ3v) is 3.84. The summed E-state index contributed by atoms with van der Waals surface area (Å²) in [6.07, 6.45) is 0. The Morgan fingerprint density at radius 3 is 2.48 bits per heavy atom. The minimum Gasteiger partial charge on any atom is -0.497 e. The van der Waals surface area contributed by atoms with Gasteiger partial charge in [0, 0.05) is 16.2 Å². The number of carboxylic acids is 1. The molecule has 0 fully saturated rings. The van der Waals surface area contributed by atoms with Gasteiger partial charge in [-0.3, -0.25) is 0 Å². The molecule has 2 aromatic rings. The topological polar surface area (TPSA) is 58.6 Å². The van der Waals surface area contributed by atoms with E-state index in [0.717, 1.165) is 4.47 Å². The van der Waals surface area contributed by atoms with Gasteiger partial charge < -0.3 is 15.2 Å². The third kappa shape index (κ3) is 3.36. The van der Waals surface area contributed by atoms with Crippen molar-refractivity contribution in [3.05, 3.63) is 58.6 Å². The zero-order valence-electron chi connectivity index (χ0n) is 11.8. The minimum absolute atomic E-state index is 0.668. The number of anilines is 1. The van der Waals surface area contributed by atoms with Gasteiger partial charge >= 0.3 is 5.97 Å². The van der Waals surface area contributed by atoms with Crippen molar-refractivity contribution in [1.29, 1.82) is 0 Å². The molecule has 1 atom stereocenters. The Bertz CT molecular complexity index is 642. The molecule has 5 heteroatoms. The van der Waals surface area contributed by atoms with Gasteiger partial charge in [-0.2, -0.15) is 0 Å². The summed E-state index contributed by atoms with van der Waals surface area (Å²) in [5.41, 5.74) is 0.121. The van der Waals surface area contributed by atoms with Crippen LogP contribution in [0.25, 0.3) is 0 Å². The van der Waals surface area contributed by atoms with Crippen molar-refractivity contribution in [3.8, 4) is 5.75 Å². The highest BCUT2D eigenvalue weighted by Gasteiger charge is 2.35. The molecule has 0 aliphatic carbocycles. The van der Waals surface area contributed by atoms with E-state index in [0.29, 0.717) is 17.0 Å². The van der Waals surface area contributed by atoms with Crippen LogP contribution >= 0.6 is 15.9 Å². The van der Waals surface area contributed by atoms with Crippen LogP contribution in [0, 0.1) is 0 Å². The van der Waals surface area contributed by atoms with Crippen LogP contribution in [-0.4, -0.2) is 18.2 Å². The van der Waals surface area contributed by atoms with Gasteiger partial charge in [0.15, 0.2) is 5.54 Å². The summed E-state index contributed by atoms with van der Waals surface area (Å²) in [5.74, 6) is -0.281. The monoisotopic (exact) mass is 349 g/mol. The van der Waals surface area contributed by atoms with Crippen molar-refractivity contribution in [2.75, 3.05) is 12.4 Å². The number of aliphatic carboxylic acids is 1. The molecular formula is C16H16BrNO3. The van der Waals surface area contributed by atoms with Crippen molar-refractivity contribution in [3.63, 3.8) is 0 Å². The van der Waals surface area contributed by atoms with Crippen LogP contribution in [0.3, 0.4) is 0 Å². The predicted molar refractivity (Wildman–Crippen MR) is 85.7 cm³/mol. The largest absolute Gasteiger partial charge is 0.497 e. The number of hydrogen-bond acceptors (Lipinski definition) is 3. The molecule has 0 aliphatic heterocycles. The van der Waals surface area contributed by atoms with Crippen molar-refractivity contribution in [1.82, 2.24) is 0 Å². The Morgan fingerprint density at radius 1 is 1.24 bits per heavy atom. The van der Waals surface area contributed by atoms with E-state index in [9.17, 15) is 9.90 Å². The molecule has 0 saturated carbocycles. The number of hydrogen-bond donors (Lipinski definition) is 2. The fourth-order valence-electron chi connectivity index (χ4n) is 2.02. The summed E-state index contributed by atoms with van der Waals surface area (Å²) in [6.45, 7) is 1.64. The number of carbonyl (C=O) groups is 1. The molecule has 0 heterocycles. The Balaban J connectivity index is 2.38. The second-order valence-electron chi connectivity index (χ2n) is 4.79. The van der Waals surface area contributed by atoms with E-state index >= 15 is 0 Å². The molecule has 110 valence electrons. The van der Waals surface area contributed by atoms with Crippen molar-refractivity contribution < 1.29 is 14.6 Å². The quantitative estimate of drug-likeness (QED) is 0.860. The van der Waals surface area contributed by atoms with Gasteiger partial charge in [-0.25, -0.2) is 4.79 Å². The summed E-state index contributed by atoms with van der Waals surface area (Å²) < 4.78 is 6.06. The lowest BCUT2D eigenvalue weighted by atomic mass is 9.91. The normalized spacial score (nSPS) is 13.3. The number of methoxy groups -OCH3 is 1. The van der Waals surface area contributed by atoms with E-state index in [1.165, 1.54) is 0 Å². The Labute approximate surface area is 131 Å². The Hall–Kier alpha value is -2.01. The van der Waals surface area contributed by atoms with E-state index in [1.807, 2.05) is 30.3 Å². The summed E-state index contributed by atoms with van der Waals surface area (Å²) in [4.78, 5) is 11.8. The number of rotatable bonds is 5. The minimum atomic E-state index is -1.23. The maximum atomic E-state index is 11.8. The number of ether oxygens (including phenoxy) is 1. The average Bonchev–Trinajstić information content (AvgIpc) is 2.47. The van der Waals surface area contributed by atoms with E-state index in [4.69, 9.17) is 4.74 Å². The first-order valence-electron chi connectivity index (χ1n) is 6.37. The lowest BCUT2D eigenvalue weighted by Gasteiger charge is -2.28. The molecule has 4 nitrogen and oxygen atoms in total. The number of halogens is 1. The van der Waals surface area contributed by atoms with E-state index in [1.54, 1.807) is 32.2 Å². The summed E-state index contributed by atoms with van der Waals surface area (Å²) in [5, 5.41) is 12.7. The van der Waals surface area contributed by atoms with Gasteiger partial charge in [0.05, 0.1) is 7.11 Å². The van der Waals surface area contributed by atoms with Crippen LogP contribution < -0.4 is 10.1 Å². The Kier molecular flexibility index (Phi) is 4.53. The molecule has 0 radical (unpaired) electrons. The molecule has 2 aromatic carbocycles. The van der Waals surface area contributed by atoms with Gasteiger partial charge in [-0.1, -0.05) is 34.1 Å². The molecular weight excluding hydrogens is 334 g/mol. The van der Waals surface area contributed by atoms with E-state index < -0.39 is 11.5 Å². The van der Waals surface area contributed by atoms with Gasteiger partial charge in [-0.15, -0.1) is 0 Å². The number of nitrogens with one attached hydrogen (secondary N) is 1. The first kappa shape index (κ1) is 15.4. The molecule has 0 spiro atoms. The first-order valence-corrected chi connectivity index (χ1v) is 7.16. The Morgan fingerprint density at radius 2 is 1.90 bits per heavy atom. The highest BCUT2D eigenvalue weighted by atomic mass is 79.9. The van der Waals surface area contributed by atoms with Crippen LogP contribution in [0.2, 0.25) is 0 Å². The molecule has 2 rings (SSSR count). The fourth-order valence-corrected chi connectivity index (χ4v) is 2.29. The van der Waals surface area contributed by atoms with Gasteiger partial charge in [0.1, 0.15) is 5.75 Å². The molecule has 0 aliphatic rings. The summed E-state index contributed by atoms with van der Waals surface area (Å²) in [7, 11) is 1.57. The summed E-state index contributed by atoms with van der Waals surface area (Å²) >= 11 is 3.35. The second kappa shape index (κ2) is 6.18. The van der Waals surface area contributed by atoms with Crippen LogP contribution in [0.5, 0.6) is 5.75 Å². The second-order valence-corrected chi connectivity index (χ2v) is 5.71. The summed E-state index contributed by atoms with van der Waals surface area (Å²) in [6, 6.07) is 14.4. The maximum Gasteiger partial charge on any atom is 0.333 e. The van der Waals surface area contributed by atoms with Crippen LogP contribution in [-0.2, 0) is 10.3 Å². The van der Waals surface area contributed by atoms with E-state index in [-0.39, 0.29) is 0 Å². The standard InChI is InChI=1S/C16H16BrNO3/c1-16(15(19)20,11-6-8-12(17)9-7-11)18-13-4-3-5-14(10-13)21-2/h3-10,18H,1-2H3,(H,19,20). The molecule has 21 heavy (non-hydrogen) atoms. The lowest BCUT2D eigenvalue weighted by molar-refractivity contribution is -0.142. The highest BCUT2D eigenvalue weighted by Crippen LogP contribution is 2.29. The molecule has 2 N–H and O–H groups in total. The molecule has 0 aromatic heterocycles. The van der Waals surface area contributed by atoms with Crippen LogP contribution in [0.4, 0.5) is 5.69 Å². The molecule has 0 amide bonds. The van der Waals surface area contributed by atoms with Crippen molar-refractivity contribution >= 4 is 27.6 Å². The first-order chi connectivity index (χ1) is 9.95. The zero-order valence-corrected chi connectivity index (χ0v) is 13.3. The average molecular weight is 350 g/mol. The van der Waals surface area contributed by atoms with Crippen LogP contribution in [0.1, 0.15) is 12.5 Å². The zero-order chi connectivity index (χ0) is 15.5. The third-order valence-electron chi connectivity index (χ3n) is 3.31. The maximum absolute atomic E-state index is 11.8. The number of carboxylic acid groups (broad SMARTS) is 1. The SMILES string of the molecule is COc1cccc(NC(C)(C(=O)O)c2ccc(Br)cc2)c1. The fraction of sp³-hybridized carbons (Fsp3) is 0.188. The van der Waals surface area contributed by atoms with Gasteiger partial charge in [0.25, 0.3) is 0 Å². The van der Waals surface area contributed by atoms with Crippen LogP contribution in [0.15, 0.2) is 53.0 Å². The lowest BCUT2D eigenvalue weighted by Crippen LogP contribution is -2.40. The predicted octanol–water partition coefficient (Wildman–Crippen LogP) is 3.87. The smallest absolute Gasteiger partial charge is 0.333 e. The van der Waals surface area contributed by atoms with Gasteiger partial charge in [0.2, 0.25) is 0 Å². The number of benzene rings is 2.